The van der Waals surface area contributed by atoms with E-state index in [4.69, 9.17) is 0 Å². The number of rotatable bonds is 6. The van der Waals surface area contributed by atoms with Gasteiger partial charge in [0.15, 0.2) is 0 Å². The Morgan fingerprint density at radius 1 is 1.35 bits per heavy atom. The molecule has 4 heteroatoms. The van der Waals surface area contributed by atoms with Crippen molar-refractivity contribution in [2.45, 2.75) is 30.8 Å². The second-order valence-corrected chi connectivity index (χ2v) is 5.67. The monoisotopic (exact) mass is 253 g/mol. The number of hydrogen-bond acceptors (Lipinski definition) is 3. The lowest BCUT2D eigenvalue weighted by molar-refractivity contribution is -0.121. The van der Waals surface area contributed by atoms with E-state index in [2.05, 4.69) is 5.32 Å². The predicted octanol–water partition coefficient (Wildman–Crippen LogP) is 2.06. The number of thioether (sulfide) groups is 1. The van der Waals surface area contributed by atoms with Gasteiger partial charge in [-0.05, 0) is 26.0 Å². The Morgan fingerprint density at radius 2 is 2.00 bits per heavy atom. The van der Waals surface area contributed by atoms with Crippen molar-refractivity contribution in [2.75, 3.05) is 12.3 Å². The summed E-state index contributed by atoms with van der Waals surface area (Å²) in [4.78, 5) is 12.6. The largest absolute Gasteiger partial charge is 0.389 e. The van der Waals surface area contributed by atoms with Crippen LogP contribution in [-0.2, 0) is 4.79 Å². The highest BCUT2D eigenvalue weighted by molar-refractivity contribution is 7.99. The van der Waals surface area contributed by atoms with Gasteiger partial charge >= 0.3 is 0 Å². The third kappa shape index (κ3) is 7.02. The van der Waals surface area contributed by atoms with Crippen LogP contribution in [-0.4, -0.2) is 28.9 Å². The zero-order chi connectivity index (χ0) is 12.7. The molecule has 3 nitrogen and oxygen atoms in total. The van der Waals surface area contributed by atoms with Crippen molar-refractivity contribution < 1.29 is 9.90 Å². The van der Waals surface area contributed by atoms with Crippen molar-refractivity contribution >= 4 is 17.7 Å². The van der Waals surface area contributed by atoms with Crippen LogP contribution in [0.4, 0.5) is 0 Å². The third-order valence-electron chi connectivity index (χ3n) is 2.06. The lowest BCUT2D eigenvalue weighted by Crippen LogP contribution is -2.38. The molecule has 0 aliphatic heterocycles. The summed E-state index contributed by atoms with van der Waals surface area (Å²) in [5.74, 6) is 0.734. The summed E-state index contributed by atoms with van der Waals surface area (Å²) in [6.07, 6.45) is 0.468. The zero-order valence-electron chi connectivity index (χ0n) is 10.3. The quantitative estimate of drug-likeness (QED) is 0.763. The van der Waals surface area contributed by atoms with Gasteiger partial charge in [0.05, 0.1) is 5.60 Å². The molecule has 0 atom stereocenters. The van der Waals surface area contributed by atoms with E-state index in [9.17, 15) is 9.90 Å². The van der Waals surface area contributed by atoms with Gasteiger partial charge < -0.3 is 10.4 Å². The van der Waals surface area contributed by atoms with Crippen LogP contribution in [0.2, 0.25) is 0 Å². The molecule has 0 aliphatic rings. The van der Waals surface area contributed by atoms with Gasteiger partial charge in [0.1, 0.15) is 0 Å². The molecule has 0 saturated heterocycles. The highest BCUT2D eigenvalue weighted by Crippen LogP contribution is 2.17. The number of carbonyl (C=O) groups is 1. The van der Waals surface area contributed by atoms with E-state index in [1.54, 1.807) is 25.6 Å². The summed E-state index contributed by atoms with van der Waals surface area (Å²) in [5, 5.41) is 12.2. The zero-order valence-corrected chi connectivity index (χ0v) is 11.1. The summed E-state index contributed by atoms with van der Waals surface area (Å²) in [7, 11) is 0. The Bertz CT molecular complexity index is 346. The molecule has 1 aromatic carbocycles. The van der Waals surface area contributed by atoms with Crippen molar-refractivity contribution in [1.82, 2.24) is 5.32 Å². The van der Waals surface area contributed by atoms with Gasteiger partial charge in [0.2, 0.25) is 5.91 Å². The van der Waals surface area contributed by atoms with Crippen LogP contribution in [0.25, 0.3) is 0 Å². The summed E-state index contributed by atoms with van der Waals surface area (Å²) >= 11 is 1.66. The van der Waals surface area contributed by atoms with E-state index in [-0.39, 0.29) is 5.91 Å². The molecule has 0 bridgehead atoms. The molecule has 0 heterocycles. The SMILES string of the molecule is CC(C)(O)CNC(=O)CCSc1ccccc1. The highest BCUT2D eigenvalue weighted by atomic mass is 32.2. The number of benzene rings is 1. The van der Waals surface area contributed by atoms with Crippen molar-refractivity contribution in [3.63, 3.8) is 0 Å². The average Bonchev–Trinajstić information content (AvgIpc) is 2.27. The Balaban J connectivity index is 2.17. The Kier molecular flexibility index (Phi) is 5.51. The summed E-state index contributed by atoms with van der Waals surface area (Å²) in [5.41, 5.74) is -0.845. The molecular weight excluding hydrogens is 234 g/mol. The predicted molar refractivity (Wildman–Crippen MR) is 71.1 cm³/mol. The number of hydrogen-bond donors (Lipinski definition) is 2. The minimum atomic E-state index is -0.845. The molecule has 0 radical (unpaired) electrons. The van der Waals surface area contributed by atoms with E-state index in [0.717, 1.165) is 5.75 Å². The van der Waals surface area contributed by atoms with Gasteiger partial charge in [-0.3, -0.25) is 4.79 Å². The molecule has 0 unspecified atom stereocenters. The van der Waals surface area contributed by atoms with E-state index < -0.39 is 5.60 Å². The molecule has 0 fully saturated rings. The molecule has 17 heavy (non-hydrogen) atoms. The van der Waals surface area contributed by atoms with Crippen LogP contribution in [0.5, 0.6) is 0 Å². The summed E-state index contributed by atoms with van der Waals surface area (Å²) in [6.45, 7) is 3.64. The number of amides is 1. The maximum Gasteiger partial charge on any atom is 0.220 e. The third-order valence-corrected chi connectivity index (χ3v) is 3.07. The molecule has 0 spiro atoms. The van der Waals surface area contributed by atoms with Crippen LogP contribution in [0.3, 0.4) is 0 Å². The average molecular weight is 253 g/mol. The van der Waals surface area contributed by atoms with Gasteiger partial charge in [-0.2, -0.15) is 0 Å². The van der Waals surface area contributed by atoms with Gasteiger partial charge in [0, 0.05) is 23.6 Å². The second kappa shape index (κ2) is 6.67. The number of carbonyl (C=O) groups excluding carboxylic acids is 1. The molecule has 0 aromatic heterocycles. The van der Waals surface area contributed by atoms with Gasteiger partial charge in [-0.25, -0.2) is 0 Å². The van der Waals surface area contributed by atoms with Crippen molar-refractivity contribution in [3.05, 3.63) is 30.3 Å². The Morgan fingerprint density at radius 3 is 2.59 bits per heavy atom. The maximum absolute atomic E-state index is 11.4. The smallest absolute Gasteiger partial charge is 0.220 e. The minimum Gasteiger partial charge on any atom is -0.389 e. The molecule has 0 saturated carbocycles. The van der Waals surface area contributed by atoms with Crippen molar-refractivity contribution in [1.29, 1.82) is 0 Å². The van der Waals surface area contributed by atoms with Crippen molar-refractivity contribution in [2.24, 2.45) is 0 Å². The lowest BCUT2D eigenvalue weighted by atomic mass is 10.1. The van der Waals surface area contributed by atoms with E-state index in [1.165, 1.54) is 4.90 Å². The standard InChI is InChI=1S/C13H19NO2S/c1-13(2,16)10-14-12(15)8-9-17-11-6-4-3-5-7-11/h3-7,16H,8-10H2,1-2H3,(H,14,15). The van der Waals surface area contributed by atoms with Gasteiger partial charge in [-0.15, -0.1) is 11.8 Å². The van der Waals surface area contributed by atoms with Crippen LogP contribution >= 0.6 is 11.8 Å². The normalized spacial score (nSPS) is 11.2. The van der Waals surface area contributed by atoms with E-state index in [1.807, 2.05) is 30.3 Å². The fraction of sp³-hybridized carbons (Fsp3) is 0.462. The fourth-order valence-electron chi connectivity index (χ4n) is 1.18. The molecule has 1 aromatic rings. The summed E-state index contributed by atoms with van der Waals surface area (Å²) < 4.78 is 0. The molecule has 1 amide bonds. The fourth-order valence-corrected chi connectivity index (χ4v) is 2.05. The topological polar surface area (TPSA) is 49.3 Å². The molecule has 0 aliphatic carbocycles. The van der Waals surface area contributed by atoms with Crippen molar-refractivity contribution in [3.8, 4) is 0 Å². The van der Waals surface area contributed by atoms with Gasteiger partial charge in [-0.1, -0.05) is 18.2 Å². The Labute approximate surface area is 107 Å². The second-order valence-electron chi connectivity index (χ2n) is 4.50. The number of nitrogens with one attached hydrogen (secondary N) is 1. The van der Waals surface area contributed by atoms with E-state index >= 15 is 0 Å². The minimum absolute atomic E-state index is 0.0180. The molecule has 1 rings (SSSR count). The van der Waals surface area contributed by atoms with Gasteiger partial charge in [0.25, 0.3) is 0 Å². The summed E-state index contributed by atoms with van der Waals surface area (Å²) in [6, 6.07) is 9.99. The Hall–Kier alpha value is -1.00. The highest BCUT2D eigenvalue weighted by Gasteiger charge is 2.13. The first-order valence-electron chi connectivity index (χ1n) is 5.64. The van der Waals surface area contributed by atoms with Crippen LogP contribution < -0.4 is 5.32 Å². The van der Waals surface area contributed by atoms with Crippen LogP contribution in [0.15, 0.2) is 35.2 Å². The van der Waals surface area contributed by atoms with Crippen LogP contribution in [0.1, 0.15) is 20.3 Å². The molecule has 2 N–H and O–H groups in total. The van der Waals surface area contributed by atoms with Crippen LogP contribution in [0, 0.1) is 0 Å². The first kappa shape index (κ1) is 14.1. The molecular formula is C13H19NO2S. The number of aliphatic hydroxyl groups is 1. The first-order chi connectivity index (χ1) is 7.97. The first-order valence-corrected chi connectivity index (χ1v) is 6.63. The van der Waals surface area contributed by atoms with E-state index in [0.29, 0.717) is 13.0 Å². The maximum atomic E-state index is 11.4. The lowest BCUT2D eigenvalue weighted by Gasteiger charge is -2.17. The molecule has 94 valence electrons.